The van der Waals surface area contributed by atoms with Crippen LogP contribution in [-0.4, -0.2) is 17.1 Å². The Hall–Kier alpha value is -2.53. The molecule has 0 saturated carbocycles. The first-order valence-electron chi connectivity index (χ1n) is 8.87. The van der Waals surface area contributed by atoms with Gasteiger partial charge < -0.3 is 10.0 Å². The van der Waals surface area contributed by atoms with Crippen molar-refractivity contribution in [2.45, 2.75) is 31.7 Å². The van der Waals surface area contributed by atoms with E-state index in [4.69, 9.17) is 0 Å². The average Bonchev–Trinajstić information content (AvgIpc) is 3.00. The molecule has 4 nitrogen and oxygen atoms in total. The third kappa shape index (κ3) is 2.92. The number of nitrogens with zero attached hydrogens (tertiary/aromatic N) is 1. The van der Waals surface area contributed by atoms with E-state index >= 15 is 0 Å². The molecule has 5 heteroatoms. The zero-order valence-electron chi connectivity index (χ0n) is 14.9. The molecule has 0 saturated heterocycles. The van der Waals surface area contributed by atoms with Gasteiger partial charge in [0.05, 0.1) is 10.9 Å². The minimum atomic E-state index is -0.215. The Kier molecular flexibility index (Phi) is 4.32. The Morgan fingerprint density at radius 3 is 2.69 bits per heavy atom. The van der Waals surface area contributed by atoms with E-state index in [0.717, 1.165) is 29.7 Å². The van der Waals surface area contributed by atoms with Gasteiger partial charge in [-0.1, -0.05) is 60.7 Å². The van der Waals surface area contributed by atoms with E-state index < -0.39 is 0 Å². The SMILES string of the molecule is CC(c1ccc2c(c1)CCC(c1ccccc1)N2C)c1sc(=O)[nH]c1O. The van der Waals surface area contributed by atoms with E-state index in [-0.39, 0.29) is 16.7 Å². The van der Waals surface area contributed by atoms with E-state index in [9.17, 15) is 9.90 Å². The molecule has 2 heterocycles. The lowest BCUT2D eigenvalue weighted by atomic mass is 9.89. The summed E-state index contributed by atoms with van der Waals surface area (Å²) in [5.74, 6) is -0.0205. The summed E-state index contributed by atoms with van der Waals surface area (Å²) in [6.07, 6.45) is 2.10. The van der Waals surface area contributed by atoms with E-state index in [1.807, 2.05) is 6.92 Å². The van der Waals surface area contributed by atoms with Crippen LogP contribution in [0.5, 0.6) is 5.88 Å². The first-order valence-corrected chi connectivity index (χ1v) is 9.69. The van der Waals surface area contributed by atoms with Gasteiger partial charge in [-0.05, 0) is 35.6 Å². The number of aromatic hydroxyl groups is 1. The van der Waals surface area contributed by atoms with Crippen molar-refractivity contribution in [2.75, 3.05) is 11.9 Å². The van der Waals surface area contributed by atoms with Crippen LogP contribution >= 0.6 is 11.3 Å². The molecule has 1 aliphatic rings. The summed E-state index contributed by atoms with van der Waals surface area (Å²) >= 11 is 1.08. The summed E-state index contributed by atoms with van der Waals surface area (Å²) in [5, 5.41) is 9.95. The summed E-state index contributed by atoms with van der Waals surface area (Å²) in [6.45, 7) is 2.03. The number of aromatic amines is 1. The Balaban J connectivity index is 1.65. The summed E-state index contributed by atoms with van der Waals surface area (Å²) in [6, 6.07) is 17.5. The maximum atomic E-state index is 11.5. The predicted molar refractivity (Wildman–Crippen MR) is 106 cm³/mol. The van der Waals surface area contributed by atoms with Gasteiger partial charge in [-0.15, -0.1) is 0 Å². The summed E-state index contributed by atoms with van der Waals surface area (Å²) in [7, 11) is 2.16. The fourth-order valence-electron chi connectivity index (χ4n) is 3.92. The number of aromatic nitrogens is 1. The molecule has 4 rings (SSSR count). The van der Waals surface area contributed by atoms with Crippen molar-refractivity contribution in [3.8, 4) is 5.88 Å². The predicted octanol–water partition coefficient (Wildman–Crippen LogP) is 4.42. The van der Waals surface area contributed by atoms with Gasteiger partial charge in [-0.25, -0.2) is 0 Å². The van der Waals surface area contributed by atoms with E-state index in [2.05, 4.69) is 65.5 Å². The van der Waals surface area contributed by atoms with Crippen LogP contribution in [-0.2, 0) is 6.42 Å². The largest absolute Gasteiger partial charge is 0.494 e. The third-order valence-electron chi connectivity index (χ3n) is 5.37. The summed E-state index contributed by atoms with van der Waals surface area (Å²) in [4.78, 5) is 16.8. The normalized spacial score (nSPS) is 17.8. The zero-order chi connectivity index (χ0) is 18.3. The van der Waals surface area contributed by atoms with E-state index in [1.54, 1.807) is 0 Å². The van der Waals surface area contributed by atoms with Crippen molar-refractivity contribution in [2.24, 2.45) is 0 Å². The van der Waals surface area contributed by atoms with Gasteiger partial charge in [-0.3, -0.25) is 9.78 Å². The van der Waals surface area contributed by atoms with Crippen LogP contribution < -0.4 is 9.77 Å². The first-order chi connectivity index (χ1) is 12.5. The highest BCUT2D eigenvalue weighted by Crippen LogP contribution is 2.40. The Labute approximate surface area is 156 Å². The number of aryl methyl sites for hydroxylation is 1. The molecule has 2 aromatic carbocycles. The minimum absolute atomic E-state index is 0.00789. The van der Waals surface area contributed by atoms with Gasteiger partial charge in [0.15, 0.2) is 0 Å². The second-order valence-electron chi connectivity index (χ2n) is 6.91. The number of nitrogens with one attached hydrogen (secondary N) is 1. The molecule has 0 bridgehead atoms. The maximum absolute atomic E-state index is 11.5. The molecule has 0 amide bonds. The van der Waals surface area contributed by atoms with Gasteiger partial charge in [0, 0.05) is 18.7 Å². The van der Waals surface area contributed by atoms with Gasteiger partial charge >= 0.3 is 4.87 Å². The van der Waals surface area contributed by atoms with Crippen molar-refractivity contribution >= 4 is 17.0 Å². The van der Waals surface area contributed by atoms with Crippen molar-refractivity contribution in [3.05, 3.63) is 79.8 Å². The van der Waals surface area contributed by atoms with Crippen LogP contribution in [0, 0.1) is 0 Å². The summed E-state index contributed by atoms with van der Waals surface area (Å²) < 4.78 is 0. The quantitative estimate of drug-likeness (QED) is 0.721. The number of rotatable bonds is 3. The molecule has 0 fully saturated rings. The summed E-state index contributed by atoms with van der Waals surface area (Å²) in [5.41, 5.74) is 5.06. The number of benzene rings is 2. The smallest absolute Gasteiger partial charge is 0.307 e. The van der Waals surface area contributed by atoms with Crippen LogP contribution in [0.3, 0.4) is 0 Å². The molecule has 1 aromatic heterocycles. The molecular formula is C21H22N2O2S. The molecule has 26 heavy (non-hydrogen) atoms. The van der Waals surface area contributed by atoms with Gasteiger partial charge in [-0.2, -0.15) is 0 Å². The standard InChI is InChI=1S/C21H22N2O2S/c1-13(19-20(24)22-21(25)26-19)15-8-10-18-16(12-15)9-11-17(23(18)2)14-6-4-3-5-7-14/h3-8,10,12-13,17,24H,9,11H2,1-2H3,(H,22,25). The third-order valence-corrected chi connectivity index (χ3v) is 6.43. The highest BCUT2D eigenvalue weighted by Gasteiger charge is 2.26. The fraction of sp³-hybridized carbons (Fsp3) is 0.286. The fourth-order valence-corrected chi connectivity index (χ4v) is 4.72. The second kappa shape index (κ2) is 6.65. The monoisotopic (exact) mass is 366 g/mol. The number of H-pyrrole nitrogens is 1. The lowest BCUT2D eigenvalue weighted by Gasteiger charge is -2.37. The number of fused-ring (bicyclic) bond motifs is 1. The van der Waals surface area contributed by atoms with Crippen molar-refractivity contribution in [1.82, 2.24) is 4.98 Å². The zero-order valence-corrected chi connectivity index (χ0v) is 15.7. The Morgan fingerprint density at radius 2 is 2.00 bits per heavy atom. The lowest BCUT2D eigenvalue weighted by molar-refractivity contribution is 0.448. The van der Waals surface area contributed by atoms with Crippen molar-refractivity contribution in [3.63, 3.8) is 0 Å². The second-order valence-corrected chi connectivity index (χ2v) is 7.93. The van der Waals surface area contributed by atoms with E-state index in [0.29, 0.717) is 10.9 Å². The number of hydrogen-bond donors (Lipinski definition) is 2. The minimum Gasteiger partial charge on any atom is -0.494 e. The maximum Gasteiger partial charge on any atom is 0.307 e. The molecule has 0 spiro atoms. The van der Waals surface area contributed by atoms with Gasteiger partial charge in [0.25, 0.3) is 0 Å². The molecule has 0 aliphatic carbocycles. The number of thiazole rings is 1. The van der Waals surface area contributed by atoms with Crippen LogP contribution in [0.15, 0.2) is 53.3 Å². The molecule has 3 aromatic rings. The first kappa shape index (κ1) is 16.9. The van der Waals surface area contributed by atoms with Crippen LogP contribution in [0.4, 0.5) is 5.69 Å². The van der Waals surface area contributed by atoms with E-state index in [1.165, 1.54) is 16.8 Å². The van der Waals surface area contributed by atoms with Crippen LogP contribution in [0.2, 0.25) is 0 Å². The van der Waals surface area contributed by atoms with Gasteiger partial charge in [0.1, 0.15) is 0 Å². The molecule has 2 atom stereocenters. The topological polar surface area (TPSA) is 56.3 Å². The molecule has 2 unspecified atom stereocenters. The molecule has 0 radical (unpaired) electrons. The highest BCUT2D eigenvalue weighted by molar-refractivity contribution is 7.09. The molecular weight excluding hydrogens is 344 g/mol. The lowest BCUT2D eigenvalue weighted by Crippen LogP contribution is -2.29. The molecule has 134 valence electrons. The van der Waals surface area contributed by atoms with Gasteiger partial charge in [0.2, 0.25) is 5.88 Å². The van der Waals surface area contributed by atoms with Crippen LogP contribution in [0.1, 0.15) is 46.9 Å². The molecule has 1 aliphatic heterocycles. The average molecular weight is 366 g/mol. The number of hydrogen-bond acceptors (Lipinski definition) is 4. The van der Waals surface area contributed by atoms with Crippen molar-refractivity contribution < 1.29 is 5.11 Å². The number of anilines is 1. The highest BCUT2D eigenvalue weighted by atomic mass is 32.1. The Morgan fingerprint density at radius 1 is 1.23 bits per heavy atom. The van der Waals surface area contributed by atoms with Crippen molar-refractivity contribution in [1.29, 1.82) is 0 Å². The molecule has 2 N–H and O–H groups in total. The van der Waals surface area contributed by atoms with Crippen LogP contribution in [0.25, 0.3) is 0 Å². The Bertz CT molecular complexity index is 977.